The summed E-state index contributed by atoms with van der Waals surface area (Å²) in [7, 11) is 0. The number of carbonyl (C=O) groups excluding carboxylic acids is 1. The molecule has 0 fully saturated rings. The highest BCUT2D eigenvalue weighted by Crippen LogP contribution is 2.34. The maximum absolute atomic E-state index is 12.7. The molecule has 8 heteroatoms. The lowest BCUT2D eigenvalue weighted by molar-refractivity contribution is -0.132. The molecule has 0 radical (unpaired) electrons. The minimum Gasteiger partial charge on any atom is -0.494 e. The number of hydrogen-bond donors (Lipinski definition) is 2. The molecule has 4 rings (SSSR count). The van der Waals surface area contributed by atoms with Gasteiger partial charge in [-0.1, -0.05) is 75.4 Å². The molecule has 0 bridgehead atoms. The number of H-pyrrole nitrogens is 1. The van der Waals surface area contributed by atoms with E-state index in [9.17, 15) is 19.5 Å². The van der Waals surface area contributed by atoms with E-state index in [4.69, 9.17) is 0 Å². The van der Waals surface area contributed by atoms with Gasteiger partial charge in [0.2, 0.25) is 11.8 Å². The zero-order valence-electron chi connectivity index (χ0n) is 19.5. The maximum Gasteiger partial charge on any atom is 0.331 e. The molecule has 1 aliphatic rings. The fourth-order valence-electron chi connectivity index (χ4n) is 4.15. The molecule has 1 aliphatic heterocycles. The van der Waals surface area contributed by atoms with Crippen molar-refractivity contribution in [3.8, 4) is 5.88 Å². The number of aromatic amines is 1. The van der Waals surface area contributed by atoms with Gasteiger partial charge in [-0.15, -0.1) is 0 Å². The first-order valence-corrected chi connectivity index (χ1v) is 11.4. The highest BCUT2D eigenvalue weighted by atomic mass is 16.3. The molecule has 1 atom stereocenters. The summed E-state index contributed by atoms with van der Waals surface area (Å²) in [6.45, 7) is 6.05. The van der Waals surface area contributed by atoms with Crippen LogP contribution in [0, 0.1) is 0 Å². The monoisotopic (exact) mass is 460 g/mol. The second-order valence-corrected chi connectivity index (χ2v) is 8.71. The summed E-state index contributed by atoms with van der Waals surface area (Å²) in [6, 6.07) is 16.7. The minimum absolute atomic E-state index is 0.0836. The summed E-state index contributed by atoms with van der Waals surface area (Å²) in [5.41, 5.74) is 1.58. The Bertz CT molecular complexity index is 1340. The zero-order chi connectivity index (χ0) is 24.4. The molecule has 2 heterocycles. The van der Waals surface area contributed by atoms with Crippen LogP contribution in [0.25, 0.3) is 0 Å². The van der Waals surface area contributed by atoms with Gasteiger partial charge in [0.15, 0.2) is 0 Å². The molecule has 0 spiro atoms. The third-order valence-corrected chi connectivity index (χ3v) is 6.10. The summed E-state index contributed by atoms with van der Waals surface area (Å²) >= 11 is 0. The van der Waals surface area contributed by atoms with E-state index in [1.807, 2.05) is 54.6 Å². The third kappa shape index (κ3) is 4.44. The summed E-state index contributed by atoms with van der Waals surface area (Å²) in [6.07, 6.45) is 0.486. The van der Waals surface area contributed by atoms with Gasteiger partial charge in [-0.2, -0.15) is 5.10 Å². The predicted molar refractivity (Wildman–Crippen MR) is 130 cm³/mol. The van der Waals surface area contributed by atoms with E-state index >= 15 is 0 Å². The first-order chi connectivity index (χ1) is 16.3. The Labute approximate surface area is 197 Å². The van der Waals surface area contributed by atoms with Gasteiger partial charge in [0.1, 0.15) is 5.56 Å². The molecule has 1 amide bonds. The molecule has 1 aromatic heterocycles. The second kappa shape index (κ2) is 9.51. The number of aromatic nitrogens is 2. The smallest absolute Gasteiger partial charge is 0.331 e. The van der Waals surface area contributed by atoms with Crippen LogP contribution >= 0.6 is 0 Å². The number of amides is 1. The van der Waals surface area contributed by atoms with Crippen LogP contribution in [0.3, 0.4) is 0 Å². The van der Waals surface area contributed by atoms with Crippen molar-refractivity contribution in [1.82, 2.24) is 14.6 Å². The SMILES string of the molecule is CCC(=O)N1N=C(c2c(O)n(Cc3ccccc3)c(=O)[nH]c2=O)C[C@@H]1c1ccc(C(C)C)cc1. The van der Waals surface area contributed by atoms with Crippen LogP contribution in [0.5, 0.6) is 5.88 Å². The number of nitrogens with zero attached hydrogens (tertiary/aromatic N) is 3. The molecule has 34 heavy (non-hydrogen) atoms. The molecule has 0 saturated carbocycles. The molecular weight excluding hydrogens is 432 g/mol. The molecule has 2 N–H and O–H groups in total. The van der Waals surface area contributed by atoms with Gasteiger partial charge in [-0.25, -0.2) is 9.80 Å². The molecule has 8 nitrogen and oxygen atoms in total. The molecule has 3 aromatic rings. The first-order valence-electron chi connectivity index (χ1n) is 11.4. The van der Waals surface area contributed by atoms with Crippen LogP contribution in [0.15, 0.2) is 69.3 Å². The number of hydrazone groups is 1. The van der Waals surface area contributed by atoms with Gasteiger partial charge in [0, 0.05) is 12.8 Å². The van der Waals surface area contributed by atoms with Crippen LogP contribution in [-0.4, -0.2) is 31.3 Å². The lowest BCUT2D eigenvalue weighted by Crippen LogP contribution is -2.34. The van der Waals surface area contributed by atoms with E-state index in [0.29, 0.717) is 5.92 Å². The van der Waals surface area contributed by atoms with Crippen molar-refractivity contribution in [1.29, 1.82) is 0 Å². The summed E-state index contributed by atoms with van der Waals surface area (Å²) in [5, 5.41) is 16.8. The first kappa shape index (κ1) is 23.2. The average molecular weight is 461 g/mol. The average Bonchev–Trinajstić information content (AvgIpc) is 3.26. The third-order valence-electron chi connectivity index (χ3n) is 6.10. The van der Waals surface area contributed by atoms with Crippen molar-refractivity contribution in [2.24, 2.45) is 5.10 Å². The Morgan fingerprint density at radius 1 is 1.12 bits per heavy atom. The lowest BCUT2D eigenvalue weighted by Gasteiger charge is -2.22. The van der Waals surface area contributed by atoms with Crippen LogP contribution in [0.4, 0.5) is 0 Å². The molecule has 176 valence electrons. The fourth-order valence-corrected chi connectivity index (χ4v) is 4.15. The number of hydrogen-bond acceptors (Lipinski definition) is 5. The Kier molecular flexibility index (Phi) is 6.49. The topological polar surface area (TPSA) is 108 Å². The predicted octanol–water partition coefficient (Wildman–Crippen LogP) is 3.50. The van der Waals surface area contributed by atoms with Gasteiger partial charge in [-0.05, 0) is 22.6 Å². The number of aromatic hydroxyl groups is 1. The minimum atomic E-state index is -0.731. The van der Waals surface area contributed by atoms with Gasteiger partial charge >= 0.3 is 5.69 Å². The Hall–Kier alpha value is -3.94. The van der Waals surface area contributed by atoms with Crippen LogP contribution in [0.2, 0.25) is 0 Å². The second-order valence-electron chi connectivity index (χ2n) is 8.71. The van der Waals surface area contributed by atoms with Crippen molar-refractivity contribution < 1.29 is 9.90 Å². The lowest BCUT2D eigenvalue weighted by atomic mass is 9.95. The Morgan fingerprint density at radius 2 is 1.79 bits per heavy atom. The van der Waals surface area contributed by atoms with Crippen molar-refractivity contribution in [2.75, 3.05) is 0 Å². The van der Waals surface area contributed by atoms with Crippen LogP contribution in [-0.2, 0) is 11.3 Å². The van der Waals surface area contributed by atoms with E-state index in [0.717, 1.165) is 15.7 Å². The van der Waals surface area contributed by atoms with Gasteiger partial charge in [0.25, 0.3) is 5.56 Å². The molecule has 0 aliphatic carbocycles. The fraction of sp³-hybridized carbons (Fsp3) is 0.308. The standard InChI is InChI=1S/C26H28N4O4/c1-4-22(31)30-21(19-12-10-18(11-13-19)16(2)3)14-20(28-30)23-24(32)27-26(34)29(25(23)33)15-17-8-6-5-7-9-17/h5-13,16,21,33H,4,14-15H2,1-3H3,(H,27,32,34)/t21-/m1/s1. The molecule has 2 aromatic carbocycles. The summed E-state index contributed by atoms with van der Waals surface area (Å²) in [5.74, 6) is -0.281. The van der Waals surface area contributed by atoms with Crippen molar-refractivity contribution >= 4 is 11.6 Å². The van der Waals surface area contributed by atoms with Crippen LogP contribution in [0.1, 0.15) is 67.8 Å². The summed E-state index contributed by atoms with van der Waals surface area (Å²) in [4.78, 5) is 40.2. The quantitative estimate of drug-likeness (QED) is 0.587. The van der Waals surface area contributed by atoms with E-state index < -0.39 is 23.2 Å². The van der Waals surface area contributed by atoms with E-state index in [1.165, 1.54) is 10.6 Å². The zero-order valence-corrected chi connectivity index (χ0v) is 19.5. The van der Waals surface area contributed by atoms with Gasteiger partial charge < -0.3 is 5.11 Å². The van der Waals surface area contributed by atoms with Crippen LogP contribution < -0.4 is 11.2 Å². The van der Waals surface area contributed by atoms with E-state index in [2.05, 4.69) is 23.9 Å². The highest BCUT2D eigenvalue weighted by molar-refractivity contribution is 6.04. The van der Waals surface area contributed by atoms with E-state index in [1.54, 1.807) is 6.92 Å². The van der Waals surface area contributed by atoms with Crippen molar-refractivity contribution in [2.45, 2.75) is 52.1 Å². The molecule has 0 saturated heterocycles. The number of nitrogens with one attached hydrogen (secondary N) is 1. The normalized spacial score (nSPS) is 15.6. The van der Waals surface area contributed by atoms with E-state index in [-0.39, 0.29) is 36.6 Å². The molecule has 0 unspecified atom stereocenters. The summed E-state index contributed by atoms with van der Waals surface area (Å²) < 4.78 is 1.10. The van der Waals surface area contributed by atoms with Gasteiger partial charge in [-0.3, -0.25) is 19.1 Å². The number of carbonyl (C=O) groups is 1. The largest absolute Gasteiger partial charge is 0.494 e. The highest BCUT2D eigenvalue weighted by Gasteiger charge is 2.35. The van der Waals surface area contributed by atoms with Crippen molar-refractivity contribution in [3.63, 3.8) is 0 Å². The Morgan fingerprint density at radius 3 is 2.41 bits per heavy atom. The van der Waals surface area contributed by atoms with Gasteiger partial charge in [0.05, 0.1) is 18.3 Å². The maximum atomic E-state index is 12.7. The number of benzene rings is 2. The number of rotatable bonds is 6. The molecular formula is C26H28N4O4. The van der Waals surface area contributed by atoms with Crippen molar-refractivity contribution in [3.05, 3.63) is 97.7 Å². The Balaban J connectivity index is 1.75.